The zero-order valence-electron chi connectivity index (χ0n) is 23.1. The van der Waals surface area contributed by atoms with Crippen LogP contribution in [-0.2, 0) is 6.61 Å². The highest BCUT2D eigenvalue weighted by atomic mass is 32.1. The van der Waals surface area contributed by atoms with Crippen molar-refractivity contribution >= 4 is 22.3 Å². The Bertz CT molecular complexity index is 1320. The molecule has 0 bridgehead atoms. The number of hydrogen-bond donors (Lipinski definition) is 2. The van der Waals surface area contributed by atoms with Gasteiger partial charge in [0.15, 0.2) is 16.7 Å². The number of thiazole rings is 1. The fraction of sp³-hybridized carbons (Fsp3) is 0.467. The average Bonchev–Trinajstić information content (AvgIpc) is 3.42. The van der Waals surface area contributed by atoms with E-state index in [4.69, 9.17) is 15.5 Å². The predicted molar refractivity (Wildman–Crippen MR) is 158 cm³/mol. The van der Waals surface area contributed by atoms with Gasteiger partial charge in [-0.25, -0.2) is 9.97 Å². The minimum absolute atomic E-state index is 0.337. The fourth-order valence-electron chi connectivity index (χ4n) is 4.98. The summed E-state index contributed by atoms with van der Waals surface area (Å²) in [6.07, 6.45) is 6.08. The third kappa shape index (κ3) is 7.28. The maximum atomic E-state index is 9.86. The minimum Gasteiger partial charge on any atom is -0.485 e. The molecule has 3 N–H and O–H groups in total. The summed E-state index contributed by atoms with van der Waals surface area (Å²) in [4.78, 5) is 17.7. The smallest absolute Gasteiger partial charge is 0.185 e. The molecule has 0 amide bonds. The molecule has 39 heavy (non-hydrogen) atoms. The number of nitrogen functional groups attached to an aromatic ring is 1. The van der Waals surface area contributed by atoms with Crippen LogP contribution in [0.4, 0.5) is 10.9 Å². The number of aliphatic hydroxyl groups is 1. The summed E-state index contributed by atoms with van der Waals surface area (Å²) >= 11 is 1.69. The fourth-order valence-corrected chi connectivity index (χ4v) is 5.93. The van der Waals surface area contributed by atoms with Gasteiger partial charge < -0.3 is 25.4 Å². The zero-order valence-corrected chi connectivity index (χ0v) is 23.9. The van der Waals surface area contributed by atoms with E-state index in [0.29, 0.717) is 24.2 Å². The molecule has 3 aromatic rings. The van der Waals surface area contributed by atoms with Crippen molar-refractivity contribution < 1.29 is 9.84 Å². The van der Waals surface area contributed by atoms with Gasteiger partial charge in [0.25, 0.3) is 0 Å². The van der Waals surface area contributed by atoms with Crippen LogP contribution in [0.1, 0.15) is 37.8 Å². The summed E-state index contributed by atoms with van der Waals surface area (Å²) in [6, 6.07) is 10.4. The molecular weight excluding hydrogens is 508 g/mol. The quantitative estimate of drug-likeness (QED) is 0.453. The van der Waals surface area contributed by atoms with Crippen molar-refractivity contribution in [1.29, 1.82) is 0 Å². The van der Waals surface area contributed by atoms with Crippen molar-refractivity contribution in [2.24, 2.45) is 0 Å². The van der Waals surface area contributed by atoms with Gasteiger partial charge in [-0.3, -0.25) is 4.90 Å². The summed E-state index contributed by atoms with van der Waals surface area (Å²) in [5.41, 5.74) is 7.84. The van der Waals surface area contributed by atoms with Crippen LogP contribution in [0.2, 0.25) is 0 Å². The van der Waals surface area contributed by atoms with Gasteiger partial charge in [-0.2, -0.15) is 0 Å². The number of anilines is 2. The molecule has 2 aliphatic heterocycles. The Labute approximate surface area is 235 Å². The molecule has 9 heteroatoms. The first-order chi connectivity index (χ1) is 18.7. The van der Waals surface area contributed by atoms with Crippen LogP contribution in [0.25, 0.3) is 10.4 Å². The lowest BCUT2D eigenvalue weighted by Gasteiger charge is -2.42. The Hall–Kier alpha value is -3.16. The highest BCUT2D eigenvalue weighted by Gasteiger charge is 2.27. The van der Waals surface area contributed by atoms with Crippen molar-refractivity contribution in [1.82, 2.24) is 19.8 Å². The van der Waals surface area contributed by atoms with Gasteiger partial charge in [0.2, 0.25) is 0 Å². The van der Waals surface area contributed by atoms with E-state index in [1.807, 2.05) is 36.5 Å². The Balaban J connectivity index is 1.20. The van der Waals surface area contributed by atoms with Crippen LogP contribution in [0.3, 0.4) is 0 Å². The molecule has 206 valence electrons. The summed E-state index contributed by atoms with van der Waals surface area (Å²) in [7, 11) is 2.21. The molecule has 2 fully saturated rings. The highest BCUT2D eigenvalue weighted by molar-refractivity contribution is 7.18. The maximum absolute atomic E-state index is 9.86. The number of pyridine rings is 1. The molecule has 0 atom stereocenters. The second kappa shape index (κ2) is 11.9. The van der Waals surface area contributed by atoms with Crippen molar-refractivity contribution in [3.8, 4) is 28.0 Å². The second-order valence-electron chi connectivity index (χ2n) is 11.0. The topological polar surface area (TPSA) is 91.0 Å². The van der Waals surface area contributed by atoms with E-state index in [1.54, 1.807) is 31.4 Å². The van der Waals surface area contributed by atoms with Gasteiger partial charge in [-0.15, -0.1) is 0 Å². The lowest BCUT2D eigenvalue weighted by Crippen LogP contribution is -2.52. The summed E-state index contributed by atoms with van der Waals surface area (Å²) < 4.78 is 6.07. The van der Waals surface area contributed by atoms with E-state index >= 15 is 0 Å². The SMILES string of the molecule is CN1CCN(C2CCN(c3ncc(-c4cnc(N)c(OCc5cccc(C#CC(C)(C)O)c5)c4)s3)CC2)CC1. The summed E-state index contributed by atoms with van der Waals surface area (Å²) in [6.45, 7) is 10.4. The molecule has 0 saturated carbocycles. The van der Waals surface area contributed by atoms with E-state index in [1.165, 1.54) is 39.0 Å². The largest absolute Gasteiger partial charge is 0.485 e. The number of hydrogen-bond acceptors (Lipinski definition) is 9. The molecule has 1 aromatic carbocycles. The Kier molecular flexibility index (Phi) is 8.38. The van der Waals surface area contributed by atoms with E-state index < -0.39 is 5.60 Å². The highest BCUT2D eigenvalue weighted by Crippen LogP contribution is 2.35. The molecule has 0 spiro atoms. The number of ether oxygens (including phenoxy) is 1. The van der Waals surface area contributed by atoms with E-state index in [-0.39, 0.29) is 0 Å². The van der Waals surface area contributed by atoms with Crippen LogP contribution < -0.4 is 15.4 Å². The van der Waals surface area contributed by atoms with Gasteiger partial charge in [-0.1, -0.05) is 35.3 Å². The number of nitrogens with zero attached hydrogens (tertiary/aromatic N) is 5. The van der Waals surface area contributed by atoms with E-state index in [2.05, 4.69) is 38.6 Å². The molecule has 2 aliphatic rings. The molecule has 0 aliphatic carbocycles. The molecule has 2 saturated heterocycles. The summed E-state index contributed by atoms with van der Waals surface area (Å²) in [5, 5.41) is 10.9. The zero-order chi connectivity index (χ0) is 27.4. The van der Waals surface area contributed by atoms with Gasteiger partial charge in [-0.05, 0) is 57.5 Å². The van der Waals surface area contributed by atoms with E-state index in [9.17, 15) is 5.11 Å². The normalized spacial score (nSPS) is 17.6. The Morgan fingerprint density at radius 2 is 1.85 bits per heavy atom. The summed E-state index contributed by atoms with van der Waals surface area (Å²) in [5.74, 6) is 6.75. The Morgan fingerprint density at radius 1 is 1.08 bits per heavy atom. The van der Waals surface area contributed by atoms with Crippen LogP contribution in [0, 0.1) is 11.8 Å². The molecular formula is C30H38N6O2S. The number of piperazine rings is 1. The molecule has 5 rings (SSSR count). The third-order valence-corrected chi connectivity index (χ3v) is 8.39. The van der Waals surface area contributed by atoms with Gasteiger partial charge in [0, 0.05) is 68.8 Å². The molecule has 2 aromatic heterocycles. The molecule has 0 radical (unpaired) electrons. The molecule has 8 nitrogen and oxygen atoms in total. The first kappa shape index (κ1) is 27.4. The van der Waals surface area contributed by atoms with Crippen LogP contribution in [0.15, 0.2) is 42.7 Å². The number of nitrogens with two attached hydrogens (primary N) is 1. The Morgan fingerprint density at radius 3 is 2.59 bits per heavy atom. The minimum atomic E-state index is -1.04. The number of likely N-dealkylation sites (N-methyl/N-ethyl adjacent to an activating group) is 1. The lowest BCUT2D eigenvalue weighted by atomic mass is 10.0. The van der Waals surface area contributed by atoms with Crippen LogP contribution >= 0.6 is 11.3 Å². The van der Waals surface area contributed by atoms with Crippen LogP contribution in [-0.4, -0.2) is 82.8 Å². The first-order valence-electron chi connectivity index (χ1n) is 13.6. The second-order valence-corrected chi connectivity index (χ2v) is 12.0. The monoisotopic (exact) mass is 546 g/mol. The number of piperidine rings is 1. The number of rotatable bonds is 6. The van der Waals surface area contributed by atoms with Crippen molar-refractivity contribution in [2.45, 2.75) is 44.9 Å². The average molecular weight is 547 g/mol. The predicted octanol–water partition coefficient (Wildman–Crippen LogP) is 3.70. The maximum Gasteiger partial charge on any atom is 0.185 e. The molecule has 4 heterocycles. The first-order valence-corrected chi connectivity index (χ1v) is 14.4. The van der Waals surface area contributed by atoms with Gasteiger partial charge in [0.05, 0.1) is 4.88 Å². The van der Waals surface area contributed by atoms with Crippen molar-refractivity contribution in [3.63, 3.8) is 0 Å². The molecule has 0 unspecified atom stereocenters. The van der Waals surface area contributed by atoms with E-state index in [0.717, 1.165) is 39.8 Å². The van der Waals surface area contributed by atoms with Gasteiger partial charge in [0.1, 0.15) is 12.2 Å². The van der Waals surface area contributed by atoms with Crippen LogP contribution in [0.5, 0.6) is 5.75 Å². The lowest BCUT2D eigenvalue weighted by molar-refractivity contribution is 0.0982. The number of benzene rings is 1. The standard InChI is InChI=1S/C30H38N6O2S/c1-30(2,37)10-7-22-5-4-6-23(17-22)21-38-26-18-24(19-32-28(26)31)27-20-33-29(39-27)36-11-8-25(9-12-36)35-15-13-34(3)14-16-35/h4-6,17-20,25,37H,8-9,11-16,21H2,1-3H3,(H2,31,32). The van der Waals surface area contributed by atoms with Crippen molar-refractivity contribution in [2.75, 3.05) is 56.9 Å². The third-order valence-electron chi connectivity index (χ3n) is 7.28. The van der Waals surface area contributed by atoms with Gasteiger partial charge >= 0.3 is 0 Å². The van der Waals surface area contributed by atoms with Crippen molar-refractivity contribution in [3.05, 3.63) is 53.9 Å². The number of aromatic nitrogens is 2.